The Hall–Kier alpha value is -5.78. The summed E-state index contributed by atoms with van der Waals surface area (Å²) in [6, 6.07) is -0.399. The Kier molecular flexibility index (Phi) is 10.0. The molecule has 0 spiro atoms. The lowest BCUT2D eigenvalue weighted by molar-refractivity contribution is -0.150. The number of hydrogen-bond donors (Lipinski definition) is 3. The number of carboxylic acid groups (broad SMARTS) is 1. The van der Waals surface area contributed by atoms with Crippen molar-refractivity contribution < 1.29 is 38.5 Å². The van der Waals surface area contributed by atoms with Crippen molar-refractivity contribution in [3.05, 3.63) is 97.1 Å². The number of carbonyl (C=O) groups is 4. The largest absolute Gasteiger partial charge is 0.481 e. The molecule has 4 aliphatic rings. The number of aliphatic carboxylic acids is 1. The minimum Gasteiger partial charge on any atom is -0.481 e. The molecule has 0 radical (unpaired) electrons. The third-order valence-corrected chi connectivity index (χ3v) is 11.1. The summed E-state index contributed by atoms with van der Waals surface area (Å²) in [6.07, 6.45) is 12.2. The van der Waals surface area contributed by atoms with Gasteiger partial charge in [-0.1, -0.05) is 24.8 Å². The average molecular weight is 721 g/mol. The number of rotatable bonds is 9. The maximum absolute atomic E-state index is 13.7. The van der Waals surface area contributed by atoms with Crippen LogP contribution in [0.2, 0.25) is 0 Å². The quantitative estimate of drug-likeness (QED) is 0.257. The Bertz CT molecular complexity index is 2290. The van der Waals surface area contributed by atoms with E-state index in [0.717, 1.165) is 55.5 Å². The molecule has 2 aromatic rings. The van der Waals surface area contributed by atoms with Gasteiger partial charge in [0.05, 0.1) is 55.5 Å². The highest BCUT2D eigenvalue weighted by atomic mass is 16.5. The number of fused-ring (bicyclic) bond motifs is 9. The normalized spacial score (nSPS) is 23.2. The molecule has 0 saturated heterocycles. The van der Waals surface area contributed by atoms with Crippen LogP contribution < -0.4 is 10.7 Å². The van der Waals surface area contributed by atoms with E-state index in [4.69, 9.17) is 24.2 Å². The van der Waals surface area contributed by atoms with Crippen LogP contribution in [-0.4, -0.2) is 77.7 Å². The number of carboxylic acids is 1. The Morgan fingerprint density at radius 3 is 2.36 bits per heavy atom. The van der Waals surface area contributed by atoms with Crippen LogP contribution in [-0.2, 0) is 46.2 Å². The second-order valence-electron chi connectivity index (χ2n) is 13.8. The van der Waals surface area contributed by atoms with Gasteiger partial charge in [-0.05, 0) is 92.2 Å². The first-order valence-electron chi connectivity index (χ1n) is 17.5. The third kappa shape index (κ3) is 6.36. The lowest BCUT2D eigenvalue weighted by Crippen LogP contribution is -2.41. The number of nitrogens with one attached hydrogen (secondary N) is 2. The number of aliphatic imine (C=N–C) groups is 2. The van der Waals surface area contributed by atoms with E-state index in [2.05, 4.69) is 16.5 Å². The van der Waals surface area contributed by atoms with E-state index in [1.807, 2.05) is 52.0 Å². The summed E-state index contributed by atoms with van der Waals surface area (Å²) in [6.45, 7) is 11.9. The average Bonchev–Trinajstić information content (AvgIpc) is 3.79. The predicted octanol–water partition coefficient (Wildman–Crippen LogP) is 4.05. The monoisotopic (exact) mass is 720 g/mol. The maximum atomic E-state index is 13.7. The van der Waals surface area contributed by atoms with Crippen LogP contribution in [0.25, 0.3) is 18.2 Å². The molecule has 1 unspecified atom stereocenters. The highest BCUT2D eigenvalue weighted by molar-refractivity contribution is 6.25. The minimum atomic E-state index is -1.16. The predicted molar refractivity (Wildman–Crippen MR) is 201 cm³/mol. The van der Waals surface area contributed by atoms with Crippen molar-refractivity contribution in [1.29, 1.82) is 0 Å². The molecule has 5 heterocycles. The molecule has 0 aromatic carbocycles. The second-order valence-corrected chi connectivity index (χ2v) is 13.8. The Labute approximate surface area is 307 Å². The molecule has 12 heteroatoms. The van der Waals surface area contributed by atoms with Crippen molar-refractivity contribution in [2.45, 2.75) is 65.8 Å². The molecule has 3 N–H and O–H groups in total. The molecule has 1 aliphatic carbocycles. The van der Waals surface area contributed by atoms with Gasteiger partial charge in [-0.3, -0.25) is 24.4 Å². The summed E-state index contributed by atoms with van der Waals surface area (Å²) in [5.41, 5.74) is 8.52. The van der Waals surface area contributed by atoms with Crippen molar-refractivity contribution in [2.24, 2.45) is 21.3 Å². The van der Waals surface area contributed by atoms with Crippen molar-refractivity contribution >= 4 is 53.5 Å². The molecule has 12 nitrogen and oxygen atoms in total. The summed E-state index contributed by atoms with van der Waals surface area (Å²) < 4.78 is 15.4. The van der Waals surface area contributed by atoms with Gasteiger partial charge in [-0.25, -0.2) is 4.79 Å². The zero-order chi connectivity index (χ0) is 38.4. The number of esters is 3. The molecule has 8 bridgehead atoms. The number of allylic oxidation sites excluding steroid dienone is 5. The molecule has 0 saturated carbocycles. The number of aromatic nitrogens is 2. The highest BCUT2D eigenvalue weighted by Gasteiger charge is 2.55. The van der Waals surface area contributed by atoms with Gasteiger partial charge in [0.2, 0.25) is 0 Å². The number of aromatic amines is 2. The van der Waals surface area contributed by atoms with Gasteiger partial charge in [0, 0.05) is 46.9 Å². The van der Waals surface area contributed by atoms with Crippen molar-refractivity contribution in [3.8, 4) is 0 Å². The molecule has 276 valence electrons. The minimum absolute atomic E-state index is 0.0446. The molecule has 3 atom stereocenters. The van der Waals surface area contributed by atoms with Crippen molar-refractivity contribution in [3.63, 3.8) is 0 Å². The molecule has 2 aromatic heterocycles. The van der Waals surface area contributed by atoms with Crippen molar-refractivity contribution in [1.82, 2.24) is 9.97 Å². The van der Waals surface area contributed by atoms with E-state index in [1.54, 1.807) is 12.2 Å². The van der Waals surface area contributed by atoms with Crippen LogP contribution in [0.1, 0.15) is 66.8 Å². The van der Waals surface area contributed by atoms with Crippen LogP contribution in [0.5, 0.6) is 0 Å². The zero-order valence-electron chi connectivity index (χ0n) is 31.1. The lowest BCUT2D eigenvalue weighted by atomic mass is 9.64. The third-order valence-electron chi connectivity index (χ3n) is 11.1. The molecule has 3 aliphatic heterocycles. The first-order valence-corrected chi connectivity index (χ1v) is 17.5. The fourth-order valence-corrected chi connectivity index (χ4v) is 8.08. The standard InChI is InChI=1S/C41H44N4O8/c1-9-23-20(2)29-17-34-27-13-10-26(39(49)52-7)38(40(50)53-8)41(27,5)35(45-34)19-30-22(4)25(12-15-37(48)51-6)33(44-30)18-32-24(11-14-36(46)47)21(3)28(43-32)16-31(23)42-29/h9-10,13,16-17,19,33,38,42-43H,1,11-12,14-15,18H2,2-8H3,(H,46,47)/b29-17?,31-16-,35-19-/t33?,38-,41+/m0/s1. The van der Waals surface area contributed by atoms with E-state index < -0.39 is 35.3 Å². The van der Waals surface area contributed by atoms with E-state index in [1.165, 1.54) is 21.3 Å². The summed E-state index contributed by atoms with van der Waals surface area (Å²) >= 11 is 0. The SMILES string of the molecule is C=Cc1c(C)c2[nH]/c1=C\c1[nH]c(c(CCC(=O)O)c1C)CC1N=C(/C=C3\N=C(C=2)C2=CC=C(C(=O)OC)[C@@H](C(=O)OC)[C@]23C)C(C)=C1CCC(=O)OC. The first kappa shape index (κ1) is 37.0. The fourth-order valence-electron chi connectivity index (χ4n) is 8.08. The van der Waals surface area contributed by atoms with Gasteiger partial charge in [0.1, 0.15) is 5.92 Å². The van der Waals surface area contributed by atoms with Crippen LogP contribution in [0.15, 0.2) is 62.8 Å². The van der Waals surface area contributed by atoms with Crippen LogP contribution in [0.4, 0.5) is 0 Å². The smallest absolute Gasteiger partial charge is 0.334 e. The summed E-state index contributed by atoms with van der Waals surface area (Å²) in [7, 11) is 3.91. The van der Waals surface area contributed by atoms with Crippen LogP contribution in [0.3, 0.4) is 0 Å². The Morgan fingerprint density at radius 1 is 0.943 bits per heavy atom. The van der Waals surface area contributed by atoms with Gasteiger partial charge < -0.3 is 29.3 Å². The topological polar surface area (TPSA) is 172 Å². The van der Waals surface area contributed by atoms with Gasteiger partial charge in [-0.2, -0.15) is 0 Å². The molecular formula is C41H44N4O8. The molecule has 0 fully saturated rings. The lowest BCUT2D eigenvalue weighted by Gasteiger charge is -2.37. The van der Waals surface area contributed by atoms with E-state index in [-0.39, 0.29) is 24.4 Å². The number of hydrogen-bond acceptors (Lipinski definition) is 9. The van der Waals surface area contributed by atoms with Gasteiger partial charge in [0.25, 0.3) is 0 Å². The van der Waals surface area contributed by atoms with E-state index in [9.17, 15) is 24.3 Å². The van der Waals surface area contributed by atoms with Gasteiger partial charge in [-0.15, -0.1) is 0 Å². The number of ether oxygens (including phenoxy) is 3. The maximum Gasteiger partial charge on any atom is 0.334 e. The van der Waals surface area contributed by atoms with Crippen molar-refractivity contribution in [2.75, 3.05) is 21.3 Å². The van der Waals surface area contributed by atoms with Gasteiger partial charge >= 0.3 is 23.9 Å². The number of H-pyrrole nitrogens is 2. The summed E-state index contributed by atoms with van der Waals surface area (Å²) in [4.78, 5) is 68.5. The number of carbonyl (C=O) groups excluding carboxylic acids is 3. The number of nitrogens with zero attached hydrogens (tertiary/aromatic N) is 2. The second kappa shape index (κ2) is 14.3. The van der Waals surface area contributed by atoms with Gasteiger partial charge in [0.15, 0.2) is 0 Å². The van der Waals surface area contributed by atoms with E-state index in [0.29, 0.717) is 42.0 Å². The zero-order valence-corrected chi connectivity index (χ0v) is 31.1. The van der Waals surface area contributed by atoms with Crippen LogP contribution >= 0.6 is 0 Å². The fraction of sp³-hybridized carbons (Fsp3) is 0.366. The first-order chi connectivity index (χ1) is 25.3. The Morgan fingerprint density at radius 2 is 1.70 bits per heavy atom. The molecule has 0 amide bonds. The Balaban J connectivity index is 1.67. The molecule has 53 heavy (non-hydrogen) atoms. The molecule has 6 rings (SSSR count). The molecular weight excluding hydrogens is 676 g/mol. The van der Waals surface area contributed by atoms with E-state index >= 15 is 0 Å². The highest BCUT2D eigenvalue weighted by Crippen LogP contribution is 2.54. The van der Waals surface area contributed by atoms with Crippen LogP contribution in [0, 0.1) is 25.2 Å². The summed E-state index contributed by atoms with van der Waals surface area (Å²) in [5.74, 6) is -3.60. The number of methoxy groups -OCH3 is 3. The summed E-state index contributed by atoms with van der Waals surface area (Å²) in [5, 5.41) is 11.2.